The third-order valence-electron chi connectivity index (χ3n) is 5.93. The highest BCUT2D eigenvalue weighted by atomic mass is 19.4. The quantitative estimate of drug-likeness (QED) is 0.326. The molecular formula is C26H22F3N5. The van der Waals surface area contributed by atoms with Crippen LogP contribution in [0.2, 0.25) is 0 Å². The predicted molar refractivity (Wildman–Crippen MR) is 125 cm³/mol. The van der Waals surface area contributed by atoms with E-state index in [4.69, 9.17) is 0 Å². The second kappa shape index (κ2) is 9.21. The maximum absolute atomic E-state index is 13.6. The Labute approximate surface area is 194 Å². The topological polar surface area (TPSA) is 55.4 Å². The lowest BCUT2D eigenvalue weighted by atomic mass is 10.0. The van der Waals surface area contributed by atoms with Crippen molar-refractivity contribution in [1.82, 2.24) is 14.5 Å². The van der Waals surface area contributed by atoms with Gasteiger partial charge in [-0.25, -0.2) is 4.98 Å². The minimum absolute atomic E-state index is 0.105. The zero-order valence-corrected chi connectivity index (χ0v) is 18.3. The minimum Gasteiger partial charge on any atom is -0.336 e. The molecule has 3 heterocycles. The Morgan fingerprint density at radius 3 is 2.68 bits per heavy atom. The molecule has 8 heteroatoms. The van der Waals surface area contributed by atoms with E-state index in [0.717, 1.165) is 13.0 Å². The summed E-state index contributed by atoms with van der Waals surface area (Å²) >= 11 is 0. The van der Waals surface area contributed by atoms with Crippen molar-refractivity contribution in [2.75, 3.05) is 6.54 Å². The number of hydrogen-bond acceptors (Lipinski definition) is 4. The molecule has 2 aromatic carbocycles. The van der Waals surface area contributed by atoms with Crippen LogP contribution < -0.4 is 0 Å². The third kappa shape index (κ3) is 4.62. The monoisotopic (exact) mass is 461 g/mol. The standard InChI is InChI=1S/C26H22F3N5/c27-26(28,29)22-9-4-12-32-33-25(22)20-10-13-30-23(15-20)24-16-34(17-31-24)14-11-19-7-3-6-18-5-1-2-8-21(18)19/h1-3,5-8,10,13,15-17H,4,9,11-12,14H2. The van der Waals surface area contributed by atoms with Gasteiger partial charge in [0.25, 0.3) is 0 Å². The van der Waals surface area contributed by atoms with E-state index in [1.165, 1.54) is 28.6 Å². The number of halogens is 3. The highest BCUT2D eigenvalue weighted by Gasteiger charge is 2.37. The normalized spacial score (nSPS) is 14.6. The van der Waals surface area contributed by atoms with Gasteiger partial charge in [0.2, 0.25) is 0 Å². The molecule has 5 nitrogen and oxygen atoms in total. The molecule has 0 radical (unpaired) electrons. The number of aryl methyl sites for hydroxylation is 2. The molecule has 4 aromatic rings. The first-order valence-electron chi connectivity index (χ1n) is 11.1. The van der Waals surface area contributed by atoms with Crippen LogP contribution in [0.1, 0.15) is 24.0 Å². The van der Waals surface area contributed by atoms with Gasteiger partial charge in [-0.1, -0.05) is 42.5 Å². The molecule has 0 saturated carbocycles. The van der Waals surface area contributed by atoms with E-state index in [1.54, 1.807) is 12.4 Å². The maximum Gasteiger partial charge on any atom is 0.414 e. The number of hydrogen-bond donors (Lipinski definition) is 0. The van der Waals surface area contributed by atoms with Crippen LogP contribution in [0.5, 0.6) is 0 Å². The number of imidazole rings is 1. The van der Waals surface area contributed by atoms with Gasteiger partial charge >= 0.3 is 6.18 Å². The van der Waals surface area contributed by atoms with Crippen LogP contribution >= 0.6 is 0 Å². The fraction of sp³-hybridized carbons (Fsp3) is 0.231. The number of aromatic nitrogens is 3. The summed E-state index contributed by atoms with van der Waals surface area (Å²) in [5.74, 6) is 0. The Bertz CT molecular complexity index is 1380. The van der Waals surface area contributed by atoms with Crippen LogP contribution in [0.4, 0.5) is 13.2 Å². The van der Waals surface area contributed by atoms with Crippen LogP contribution in [0.3, 0.4) is 0 Å². The molecule has 2 aromatic heterocycles. The number of benzene rings is 2. The SMILES string of the molecule is FC(F)(F)C1=C(c2ccnc(-c3cn(CCc4cccc5ccccc45)cn3)c2)N=NCCC1. The summed E-state index contributed by atoms with van der Waals surface area (Å²) in [7, 11) is 0. The van der Waals surface area contributed by atoms with Gasteiger partial charge in [0.15, 0.2) is 0 Å². The first-order valence-corrected chi connectivity index (χ1v) is 11.1. The lowest BCUT2D eigenvalue weighted by Crippen LogP contribution is -2.13. The van der Waals surface area contributed by atoms with Crippen molar-refractivity contribution < 1.29 is 13.2 Å². The second-order valence-corrected chi connectivity index (χ2v) is 8.21. The molecule has 0 spiro atoms. The maximum atomic E-state index is 13.6. The first kappa shape index (κ1) is 22.0. The Morgan fingerprint density at radius 1 is 0.941 bits per heavy atom. The highest BCUT2D eigenvalue weighted by molar-refractivity contribution is 5.85. The van der Waals surface area contributed by atoms with Crippen molar-refractivity contribution in [1.29, 1.82) is 0 Å². The van der Waals surface area contributed by atoms with Crippen LogP contribution in [-0.2, 0) is 13.0 Å². The molecule has 0 aliphatic carbocycles. The first-order chi connectivity index (χ1) is 16.5. The summed E-state index contributed by atoms with van der Waals surface area (Å²) < 4.78 is 42.8. The number of alkyl halides is 3. The molecule has 1 aliphatic rings. The number of nitrogens with zero attached hydrogens (tertiary/aromatic N) is 5. The van der Waals surface area contributed by atoms with Crippen LogP contribution in [0.15, 0.2) is 89.1 Å². The number of fused-ring (bicyclic) bond motifs is 1. The zero-order valence-electron chi connectivity index (χ0n) is 18.3. The van der Waals surface area contributed by atoms with Gasteiger partial charge in [-0.2, -0.15) is 23.4 Å². The summed E-state index contributed by atoms with van der Waals surface area (Å²) in [5.41, 5.74) is 1.90. The minimum atomic E-state index is -4.45. The number of azo groups is 1. The molecule has 0 saturated heterocycles. The van der Waals surface area contributed by atoms with E-state index in [2.05, 4.69) is 50.5 Å². The molecule has 0 bridgehead atoms. The van der Waals surface area contributed by atoms with E-state index in [0.29, 0.717) is 23.4 Å². The van der Waals surface area contributed by atoms with Crippen molar-refractivity contribution in [3.05, 3.63) is 90.0 Å². The van der Waals surface area contributed by atoms with Crippen LogP contribution in [-0.4, -0.2) is 27.3 Å². The smallest absolute Gasteiger partial charge is 0.336 e. The molecule has 5 rings (SSSR count). The second-order valence-electron chi connectivity index (χ2n) is 8.21. The van der Waals surface area contributed by atoms with Gasteiger partial charge in [0.1, 0.15) is 11.4 Å². The van der Waals surface area contributed by atoms with Gasteiger partial charge in [-0.15, -0.1) is 0 Å². The van der Waals surface area contributed by atoms with E-state index >= 15 is 0 Å². The average Bonchev–Trinajstić information content (AvgIpc) is 3.17. The van der Waals surface area contributed by atoms with Crippen molar-refractivity contribution >= 4 is 16.5 Å². The molecule has 172 valence electrons. The summed E-state index contributed by atoms with van der Waals surface area (Å²) in [4.78, 5) is 8.78. The Morgan fingerprint density at radius 2 is 1.79 bits per heavy atom. The van der Waals surface area contributed by atoms with Gasteiger partial charge in [0.05, 0.1) is 24.1 Å². The van der Waals surface area contributed by atoms with E-state index in [9.17, 15) is 13.2 Å². The lowest BCUT2D eigenvalue weighted by molar-refractivity contribution is -0.0934. The Balaban J connectivity index is 1.39. The van der Waals surface area contributed by atoms with Gasteiger partial charge in [-0.05, 0) is 47.7 Å². The summed E-state index contributed by atoms with van der Waals surface area (Å²) in [6.07, 6.45) is 1.66. The Kier molecular flexibility index (Phi) is 5.96. The summed E-state index contributed by atoms with van der Waals surface area (Å²) in [5, 5.41) is 10.2. The molecule has 0 unspecified atom stereocenters. The fourth-order valence-electron chi connectivity index (χ4n) is 4.23. The van der Waals surface area contributed by atoms with Crippen molar-refractivity contribution in [3.63, 3.8) is 0 Å². The molecular weight excluding hydrogens is 439 g/mol. The third-order valence-corrected chi connectivity index (χ3v) is 5.93. The molecule has 0 atom stereocenters. The molecule has 34 heavy (non-hydrogen) atoms. The van der Waals surface area contributed by atoms with Gasteiger partial charge < -0.3 is 4.57 Å². The predicted octanol–water partition coefficient (Wildman–Crippen LogP) is 6.86. The average molecular weight is 461 g/mol. The van der Waals surface area contributed by atoms with Crippen molar-refractivity contribution in [3.8, 4) is 11.4 Å². The highest BCUT2D eigenvalue weighted by Crippen LogP contribution is 2.38. The van der Waals surface area contributed by atoms with Gasteiger partial charge in [0, 0.05) is 24.5 Å². The lowest BCUT2D eigenvalue weighted by Gasteiger charge is -2.13. The van der Waals surface area contributed by atoms with Crippen molar-refractivity contribution in [2.24, 2.45) is 10.2 Å². The fourth-order valence-corrected chi connectivity index (χ4v) is 4.23. The molecule has 1 aliphatic heterocycles. The van der Waals surface area contributed by atoms with E-state index in [-0.39, 0.29) is 18.7 Å². The molecule has 0 N–H and O–H groups in total. The molecule has 0 fully saturated rings. The van der Waals surface area contributed by atoms with Crippen molar-refractivity contribution in [2.45, 2.75) is 32.0 Å². The number of pyridine rings is 1. The zero-order chi connectivity index (χ0) is 23.5. The van der Waals surface area contributed by atoms with Crippen LogP contribution in [0.25, 0.3) is 27.9 Å². The number of rotatable bonds is 5. The van der Waals surface area contributed by atoms with Gasteiger partial charge in [-0.3, -0.25) is 4.98 Å². The van der Waals surface area contributed by atoms with E-state index < -0.39 is 11.7 Å². The largest absolute Gasteiger partial charge is 0.414 e. The Hall–Kier alpha value is -3.81. The molecule has 0 amide bonds. The number of allylic oxidation sites excluding steroid dienone is 1. The summed E-state index contributed by atoms with van der Waals surface area (Å²) in [6, 6.07) is 17.7. The van der Waals surface area contributed by atoms with E-state index in [1.807, 2.05) is 22.9 Å². The van der Waals surface area contributed by atoms with Crippen LogP contribution in [0, 0.1) is 0 Å². The summed E-state index contributed by atoms with van der Waals surface area (Å²) in [6.45, 7) is 1.00.